The van der Waals surface area contributed by atoms with Gasteiger partial charge < -0.3 is 15.2 Å². The molecule has 1 aromatic carbocycles. The van der Waals surface area contributed by atoms with E-state index >= 15 is 0 Å². The van der Waals surface area contributed by atoms with Crippen LogP contribution in [0.2, 0.25) is 0 Å². The van der Waals surface area contributed by atoms with E-state index in [9.17, 15) is 14.9 Å². The van der Waals surface area contributed by atoms with Gasteiger partial charge in [-0.2, -0.15) is 0 Å². The van der Waals surface area contributed by atoms with Crippen molar-refractivity contribution in [1.82, 2.24) is 5.32 Å². The highest BCUT2D eigenvalue weighted by Crippen LogP contribution is 2.28. The first-order valence-corrected chi connectivity index (χ1v) is 5.95. The van der Waals surface area contributed by atoms with Crippen LogP contribution >= 0.6 is 0 Å². The Hall–Kier alpha value is -2.15. The van der Waals surface area contributed by atoms with Gasteiger partial charge in [0.2, 0.25) is 0 Å². The molecule has 1 fully saturated rings. The summed E-state index contributed by atoms with van der Waals surface area (Å²) in [5, 5.41) is 22.3. The number of carbonyl (C=O) groups is 1. The smallest absolute Gasteiger partial charge is 0.310 e. The van der Waals surface area contributed by atoms with Gasteiger partial charge in [0.15, 0.2) is 5.75 Å². The SMILES string of the molecule is O=C(NC1CC1)c1ccc([N+](=O)[O-])c(OCCO)c1. The number of amides is 1. The maximum atomic E-state index is 11.8. The van der Waals surface area contributed by atoms with Crippen molar-refractivity contribution in [3.8, 4) is 5.75 Å². The van der Waals surface area contributed by atoms with Gasteiger partial charge in [0, 0.05) is 23.7 Å². The van der Waals surface area contributed by atoms with E-state index in [4.69, 9.17) is 9.84 Å². The normalized spacial score (nSPS) is 13.9. The molecule has 7 heteroatoms. The summed E-state index contributed by atoms with van der Waals surface area (Å²) in [7, 11) is 0. The van der Waals surface area contributed by atoms with Crippen molar-refractivity contribution in [2.24, 2.45) is 0 Å². The van der Waals surface area contributed by atoms with Crippen LogP contribution in [0.3, 0.4) is 0 Å². The lowest BCUT2D eigenvalue weighted by atomic mass is 10.1. The number of aliphatic hydroxyl groups is 1. The average molecular weight is 266 g/mol. The Morgan fingerprint density at radius 2 is 2.26 bits per heavy atom. The van der Waals surface area contributed by atoms with E-state index in [1.165, 1.54) is 18.2 Å². The second-order valence-electron chi connectivity index (χ2n) is 4.26. The van der Waals surface area contributed by atoms with Crippen LogP contribution in [-0.2, 0) is 0 Å². The van der Waals surface area contributed by atoms with Crippen LogP contribution in [0.4, 0.5) is 5.69 Å². The monoisotopic (exact) mass is 266 g/mol. The largest absolute Gasteiger partial charge is 0.484 e. The van der Waals surface area contributed by atoms with Gasteiger partial charge in [0.1, 0.15) is 6.61 Å². The van der Waals surface area contributed by atoms with Crippen LogP contribution in [-0.4, -0.2) is 35.2 Å². The Bertz CT molecular complexity index is 499. The third kappa shape index (κ3) is 3.41. The molecule has 1 amide bonds. The molecule has 2 rings (SSSR count). The first-order chi connectivity index (χ1) is 9.11. The maximum absolute atomic E-state index is 11.8. The number of nitrogens with zero attached hydrogens (tertiary/aromatic N) is 1. The van der Waals surface area contributed by atoms with Crippen LogP contribution in [0.5, 0.6) is 5.75 Å². The fourth-order valence-electron chi connectivity index (χ4n) is 1.57. The molecular formula is C12H14N2O5. The van der Waals surface area contributed by atoms with Crippen LogP contribution in [0.15, 0.2) is 18.2 Å². The molecule has 0 unspecified atom stereocenters. The summed E-state index contributed by atoms with van der Waals surface area (Å²) in [5.74, 6) is -0.284. The van der Waals surface area contributed by atoms with E-state index < -0.39 is 4.92 Å². The summed E-state index contributed by atoms with van der Waals surface area (Å²) in [4.78, 5) is 22.0. The highest BCUT2D eigenvalue weighted by molar-refractivity contribution is 5.95. The Morgan fingerprint density at radius 1 is 1.53 bits per heavy atom. The number of nitro benzene ring substituents is 1. The van der Waals surface area contributed by atoms with Crippen LogP contribution in [0, 0.1) is 10.1 Å². The molecule has 0 saturated heterocycles. The predicted molar refractivity (Wildman–Crippen MR) is 66.2 cm³/mol. The number of ether oxygens (including phenoxy) is 1. The summed E-state index contributed by atoms with van der Waals surface area (Å²) in [6.07, 6.45) is 1.93. The van der Waals surface area contributed by atoms with Crippen molar-refractivity contribution in [2.75, 3.05) is 13.2 Å². The number of nitro groups is 1. The van der Waals surface area contributed by atoms with Crippen LogP contribution in [0.25, 0.3) is 0 Å². The first-order valence-electron chi connectivity index (χ1n) is 5.95. The molecule has 19 heavy (non-hydrogen) atoms. The Balaban J connectivity index is 2.20. The molecule has 0 aliphatic heterocycles. The molecule has 0 atom stereocenters. The minimum atomic E-state index is -0.588. The zero-order chi connectivity index (χ0) is 13.8. The molecule has 1 aromatic rings. The van der Waals surface area contributed by atoms with Gasteiger partial charge in [-0.1, -0.05) is 0 Å². The van der Waals surface area contributed by atoms with Crippen molar-refractivity contribution >= 4 is 11.6 Å². The van der Waals surface area contributed by atoms with Gasteiger partial charge in [-0.05, 0) is 18.9 Å². The van der Waals surface area contributed by atoms with Gasteiger partial charge in [-0.3, -0.25) is 14.9 Å². The molecule has 7 nitrogen and oxygen atoms in total. The number of hydrogen-bond acceptors (Lipinski definition) is 5. The maximum Gasteiger partial charge on any atom is 0.310 e. The lowest BCUT2D eigenvalue weighted by molar-refractivity contribution is -0.385. The molecule has 1 aliphatic rings. The van der Waals surface area contributed by atoms with E-state index in [-0.39, 0.29) is 36.6 Å². The van der Waals surface area contributed by atoms with E-state index in [0.29, 0.717) is 5.56 Å². The van der Waals surface area contributed by atoms with Gasteiger partial charge in [-0.25, -0.2) is 0 Å². The topological polar surface area (TPSA) is 102 Å². The van der Waals surface area contributed by atoms with Crippen molar-refractivity contribution in [2.45, 2.75) is 18.9 Å². The molecule has 102 valence electrons. The predicted octanol–water partition coefficient (Wildman–Crippen LogP) is 0.858. The van der Waals surface area contributed by atoms with Crippen molar-refractivity contribution < 1.29 is 19.6 Å². The lowest BCUT2D eigenvalue weighted by Crippen LogP contribution is -2.25. The highest BCUT2D eigenvalue weighted by Gasteiger charge is 2.25. The Labute approximate surface area is 109 Å². The minimum absolute atomic E-state index is 0.0116. The number of hydrogen-bond donors (Lipinski definition) is 2. The van der Waals surface area contributed by atoms with Crippen molar-refractivity contribution in [1.29, 1.82) is 0 Å². The first kappa shape index (κ1) is 13.3. The Kier molecular flexibility index (Phi) is 3.96. The van der Waals surface area contributed by atoms with E-state index in [1.807, 2.05) is 0 Å². The summed E-state index contributed by atoms with van der Waals surface area (Å²) >= 11 is 0. The van der Waals surface area contributed by atoms with Crippen molar-refractivity contribution in [3.63, 3.8) is 0 Å². The second-order valence-corrected chi connectivity index (χ2v) is 4.26. The fraction of sp³-hybridized carbons (Fsp3) is 0.417. The van der Waals surface area contributed by atoms with Gasteiger partial charge >= 0.3 is 5.69 Å². The quantitative estimate of drug-likeness (QED) is 0.587. The molecule has 0 bridgehead atoms. The third-order valence-electron chi connectivity index (χ3n) is 2.68. The highest BCUT2D eigenvalue weighted by atomic mass is 16.6. The van der Waals surface area contributed by atoms with Crippen LogP contribution in [0.1, 0.15) is 23.2 Å². The molecule has 1 aliphatic carbocycles. The molecule has 1 saturated carbocycles. The Morgan fingerprint density at radius 3 is 2.84 bits per heavy atom. The number of aliphatic hydroxyl groups excluding tert-OH is 1. The van der Waals surface area contributed by atoms with Crippen LogP contribution < -0.4 is 10.1 Å². The minimum Gasteiger partial charge on any atom is -0.484 e. The molecule has 0 aromatic heterocycles. The standard InChI is InChI=1S/C12H14N2O5/c15-5-6-19-11-7-8(1-4-10(11)14(17)18)12(16)13-9-2-3-9/h1,4,7,9,15H,2-3,5-6H2,(H,13,16). The van der Waals surface area contributed by atoms with E-state index in [2.05, 4.69) is 5.32 Å². The molecule has 0 heterocycles. The zero-order valence-corrected chi connectivity index (χ0v) is 10.2. The van der Waals surface area contributed by atoms with E-state index in [1.54, 1.807) is 0 Å². The lowest BCUT2D eigenvalue weighted by Gasteiger charge is -2.08. The summed E-state index contributed by atoms with van der Waals surface area (Å²) in [6.45, 7) is -0.315. The van der Waals surface area contributed by atoms with Crippen molar-refractivity contribution in [3.05, 3.63) is 33.9 Å². The number of carbonyl (C=O) groups excluding carboxylic acids is 1. The average Bonchev–Trinajstić information content (AvgIpc) is 3.19. The number of rotatable bonds is 6. The molecular weight excluding hydrogens is 252 g/mol. The molecule has 0 radical (unpaired) electrons. The number of benzene rings is 1. The third-order valence-corrected chi connectivity index (χ3v) is 2.68. The molecule has 2 N–H and O–H groups in total. The fourth-order valence-corrected chi connectivity index (χ4v) is 1.57. The van der Waals surface area contributed by atoms with Gasteiger partial charge in [-0.15, -0.1) is 0 Å². The molecule has 0 spiro atoms. The zero-order valence-electron chi connectivity index (χ0n) is 10.2. The van der Waals surface area contributed by atoms with E-state index in [0.717, 1.165) is 12.8 Å². The van der Waals surface area contributed by atoms with Gasteiger partial charge in [0.05, 0.1) is 11.5 Å². The number of nitrogens with one attached hydrogen (secondary N) is 1. The second kappa shape index (κ2) is 5.66. The summed E-state index contributed by atoms with van der Waals surface area (Å²) < 4.78 is 5.09. The summed E-state index contributed by atoms with van der Waals surface area (Å²) in [6, 6.07) is 4.16. The summed E-state index contributed by atoms with van der Waals surface area (Å²) in [5.41, 5.74) is 0.0851. The van der Waals surface area contributed by atoms with Gasteiger partial charge in [0.25, 0.3) is 5.91 Å².